The van der Waals surface area contributed by atoms with Crippen molar-refractivity contribution in [1.82, 2.24) is 10.6 Å². The Morgan fingerprint density at radius 1 is 1.29 bits per heavy atom. The molecule has 0 aromatic rings. The number of alkyl carbamates (subject to hydrolysis) is 1. The van der Waals surface area contributed by atoms with Gasteiger partial charge in [-0.25, -0.2) is 4.79 Å². The van der Waals surface area contributed by atoms with Gasteiger partial charge in [-0.1, -0.05) is 6.92 Å². The Hall–Kier alpha value is -0.480. The zero-order valence-corrected chi connectivity index (χ0v) is 10.2. The molecule has 0 aromatic carbocycles. The van der Waals surface area contributed by atoms with Gasteiger partial charge >= 0.3 is 6.09 Å². The average Bonchev–Trinajstić information content (AvgIpc) is 1.94. The number of ether oxygens (including phenoxy) is 1. The zero-order valence-electron chi connectivity index (χ0n) is 9.35. The topological polar surface area (TPSA) is 50.4 Å². The molecule has 0 rings (SSSR count). The van der Waals surface area contributed by atoms with Gasteiger partial charge in [0.05, 0.1) is 0 Å². The molecule has 86 valence electrons. The van der Waals surface area contributed by atoms with Crippen LogP contribution in [0.25, 0.3) is 0 Å². The van der Waals surface area contributed by atoms with E-state index in [2.05, 4.69) is 10.6 Å². The molecule has 14 heavy (non-hydrogen) atoms. The summed E-state index contributed by atoms with van der Waals surface area (Å²) in [7, 11) is 0. The lowest BCUT2D eigenvalue weighted by Gasteiger charge is -2.19. The Morgan fingerprint density at radius 2 is 1.86 bits per heavy atom. The fourth-order valence-corrected chi connectivity index (χ4v) is 0.744. The molecule has 0 fully saturated rings. The molecule has 0 unspecified atom stereocenters. The molecule has 0 saturated carbocycles. The van der Waals surface area contributed by atoms with Crippen LogP contribution in [0.4, 0.5) is 4.79 Å². The van der Waals surface area contributed by atoms with Crippen molar-refractivity contribution in [2.24, 2.45) is 0 Å². The summed E-state index contributed by atoms with van der Waals surface area (Å²) in [4.78, 5) is 11.1. The Balaban J connectivity index is 0. The highest BCUT2D eigenvalue weighted by atomic mass is 35.5. The molecule has 5 heteroatoms. The van der Waals surface area contributed by atoms with Crippen LogP contribution in [0.1, 0.15) is 27.7 Å². The van der Waals surface area contributed by atoms with Crippen molar-refractivity contribution in [2.45, 2.75) is 33.3 Å². The average molecular weight is 225 g/mol. The first-order valence-electron chi connectivity index (χ1n) is 4.63. The third kappa shape index (κ3) is 11.5. The van der Waals surface area contributed by atoms with Crippen molar-refractivity contribution < 1.29 is 9.53 Å². The fourth-order valence-electron chi connectivity index (χ4n) is 0.744. The molecule has 0 bridgehead atoms. The van der Waals surface area contributed by atoms with Gasteiger partial charge in [0, 0.05) is 13.1 Å². The van der Waals surface area contributed by atoms with Gasteiger partial charge in [0.1, 0.15) is 5.60 Å². The first-order valence-corrected chi connectivity index (χ1v) is 4.63. The number of hydrogen-bond donors (Lipinski definition) is 2. The maximum Gasteiger partial charge on any atom is 0.407 e. The van der Waals surface area contributed by atoms with E-state index in [1.165, 1.54) is 0 Å². The first kappa shape index (κ1) is 16.0. The summed E-state index contributed by atoms with van der Waals surface area (Å²) in [5.41, 5.74) is -0.414. The molecule has 0 aliphatic rings. The molecule has 0 atom stereocenters. The molecule has 0 radical (unpaired) electrons. The lowest BCUT2D eigenvalue weighted by atomic mass is 10.2. The predicted octanol–water partition coefficient (Wildman–Crippen LogP) is 1.54. The lowest BCUT2D eigenvalue weighted by Crippen LogP contribution is -2.36. The van der Waals surface area contributed by atoms with Crippen molar-refractivity contribution in [3.05, 3.63) is 0 Å². The van der Waals surface area contributed by atoms with Crippen LogP contribution in [0.2, 0.25) is 0 Å². The standard InChI is InChI=1S/C9H20N2O2.ClH/c1-5-10-6-7-11-8(12)13-9(2,3)4;/h10H,5-7H2,1-4H3,(H,11,12);1H. The van der Waals surface area contributed by atoms with E-state index in [0.29, 0.717) is 6.54 Å². The maximum atomic E-state index is 11.1. The van der Waals surface area contributed by atoms with E-state index in [4.69, 9.17) is 4.74 Å². The highest BCUT2D eigenvalue weighted by Gasteiger charge is 2.15. The molecule has 2 N–H and O–H groups in total. The van der Waals surface area contributed by atoms with Crippen LogP contribution in [0, 0.1) is 0 Å². The van der Waals surface area contributed by atoms with Gasteiger partial charge in [0.15, 0.2) is 0 Å². The number of hydrogen-bond acceptors (Lipinski definition) is 3. The molecule has 4 nitrogen and oxygen atoms in total. The summed E-state index contributed by atoms with van der Waals surface area (Å²) >= 11 is 0. The monoisotopic (exact) mass is 224 g/mol. The van der Waals surface area contributed by atoms with Crippen molar-refractivity contribution in [3.8, 4) is 0 Å². The van der Waals surface area contributed by atoms with Gasteiger partial charge in [-0.05, 0) is 27.3 Å². The minimum atomic E-state index is -0.414. The van der Waals surface area contributed by atoms with Crippen LogP contribution >= 0.6 is 12.4 Å². The van der Waals surface area contributed by atoms with E-state index in [9.17, 15) is 4.79 Å². The van der Waals surface area contributed by atoms with Crippen LogP contribution in [-0.2, 0) is 4.74 Å². The third-order valence-electron chi connectivity index (χ3n) is 1.22. The predicted molar refractivity (Wildman–Crippen MR) is 60.0 cm³/mol. The Labute approximate surface area is 92.2 Å². The minimum absolute atomic E-state index is 0. The quantitative estimate of drug-likeness (QED) is 0.713. The normalized spacial score (nSPS) is 10.3. The second kappa shape index (κ2) is 7.88. The molecule has 1 amide bonds. The largest absolute Gasteiger partial charge is 0.444 e. The van der Waals surface area contributed by atoms with Crippen LogP contribution in [0.15, 0.2) is 0 Å². The fraction of sp³-hybridized carbons (Fsp3) is 0.889. The molecule has 0 saturated heterocycles. The summed E-state index contributed by atoms with van der Waals surface area (Å²) in [5, 5.41) is 5.75. The van der Waals surface area contributed by atoms with E-state index < -0.39 is 5.60 Å². The zero-order chi connectivity index (χ0) is 10.3. The molecular weight excluding hydrogens is 204 g/mol. The Kier molecular flexibility index (Phi) is 8.99. The minimum Gasteiger partial charge on any atom is -0.444 e. The SMILES string of the molecule is CCNCCNC(=O)OC(C)(C)C.Cl. The smallest absolute Gasteiger partial charge is 0.407 e. The first-order chi connectivity index (χ1) is 5.95. The van der Waals surface area contributed by atoms with Crippen molar-refractivity contribution in [3.63, 3.8) is 0 Å². The summed E-state index contributed by atoms with van der Waals surface area (Å²) in [6, 6.07) is 0. The molecule has 0 aromatic heterocycles. The van der Waals surface area contributed by atoms with Crippen molar-refractivity contribution in [2.75, 3.05) is 19.6 Å². The highest BCUT2D eigenvalue weighted by molar-refractivity contribution is 5.85. The van der Waals surface area contributed by atoms with Crippen molar-refractivity contribution in [1.29, 1.82) is 0 Å². The van der Waals surface area contributed by atoms with Crippen molar-refractivity contribution >= 4 is 18.5 Å². The Bertz CT molecular complexity index is 157. The highest BCUT2D eigenvalue weighted by Crippen LogP contribution is 2.05. The molecule has 0 aliphatic heterocycles. The van der Waals surface area contributed by atoms with Gasteiger partial charge < -0.3 is 15.4 Å². The van der Waals surface area contributed by atoms with Crippen LogP contribution in [0.3, 0.4) is 0 Å². The van der Waals surface area contributed by atoms with Crippen LogP contribution < -0.4 is 10.6 Å². The number of rotatable bonds is 4. The van der Waals surface area contributed by atoms with E-state index >= 15 is 0 Å². The van der Waals surface area contributed by atoms with Gasteiger partial charge in [-0.3, -0.25) is 0 Å². The number of carbonyl (C=O) groups is 1. The summed E-state index contributed by atoms with van der Waals surface area (Å²) < 4.78 is 5.04. The van der Waals surface area contributed by atoms with Gasteiger partial charge in [-0.15, -0.1) is 12.4 Å². The summed E-state index contributed by atoms with van der Waals surface area (Å²) in [6.45, 7) is 9.84. The van der Waals surface area contributed by atoms with E-state index in [1.807, 2.05) is 27.7 Å². The van der Waals surface area contributed by atoms with Crippen LogP contribution in [-0.4, -0.2) is 31.3 Å². The molecule has 0 aliphatic carbocycles. The molecule has 0 heterocycles. The third-order valence-corrected chi connectivity index (χ3v) is 1.22. The van der Waals surface area contributed by atoms with E-state index in [1.54, 1.807) is 0 Å². The second-order valence-corrected chi connectivity index (χ2v) is 3.78. The van der Waals surface area contributed by atoms with Gasteiger partial charge in [0.25, 0.3) is 0 Å². The lowest BCUT2D eigenvalue weighted by molar-refractivity contribution is 0.0528. The maximum absolute atomic E-state index is 11.1. The van der Waals surface area contributed by atoms with E-state index in [-0.39, 0.29) is 18.5 Å². The van der Waals surface area contributed by atoms with Crippen LogP contribution in [0.5, 0.6) is 0 Å². The molecule has 0 spiro atoms. The summed E-state index contributed by atoms with van der Waals surface area (Å²) in [5.74, 6) is 0. The number of amides is 1. The van der Waals surface area contributed by atoms with Gasteiger partial charge in [0.2, 0.25) is 0 Å². The number of halogens is 1. The number of likely N-dealkylation sites (N-methyl/N-ethyl adjacent to an activating group) is 1. The molecular formula is C9H21ClN2O2. The van der Waals surface area contributed by atoms with Gasteiger partial charge in [-0.2, -0.15) is 0 Å². The number of nitrogens with one attached hydrogen (secondary N) is 2. The number of carbonyl (C=O) groups excluding carboxylic acids is 1. The Morgan fingerprint density at radius 3 is 2.29 bits per heavy atom. The second-order valence-electron chi connectivity index (χ2n) is 3.78. The van der Waals surface area contributed by atoms with E-state index in [0.717, 1.165) is 13.1 Å². The summed E-state index contributed by atoms with van der Waals surface area (Å²) in [6.07, 6.45) is -0.356.